The molecular weight excluding hydrogens is 446 g/mol. The lowest BCUT2D eigenvalue weighted by Gasteiger charge is -2.13. The Morgan fingerprint density at radius 2 is 1.94 bits per heavy atom. The molecule has 2 aromatic carbocycles. The second kappa shape index (κ2) is 8.96. The van der Waals surface area contributed by atoms with Crippen LogP contribution in [0.2, 0.25) is 0 Å². The molecule has 34 heavy (non-hydrogen) atoms. The molecule has 0 atom stereocenters. The van der Waals surface area contributed by atoms with Crippen molar-refractivity contribution in [2.24, 2.45) is 0 Å². The van der Waals surface area contributed by atoms with Crippen LogP contribution in [0.25, 0.3) is 27.0 Å². The molecule has 7 heteroatoms. The first-order valence-electron chi connectivity index (χ1n) is 10.7. The van der Waals surface area contributed by atoms with Crippen molar-refractivity contribution in [2.45, 2.75) is 6.92 Å². The number of benzene rings is 2. The average molecular weight is 468 g/mol. The molecule has 0 saturated carbocycles. The van der Waals surface area contributed by atoms with Crippen LogP contribution in [0.1, 0.15) is 15.9 Å². The number of amides is 1. The zero-order valence-corrected chi connectivity index (χ0v) is 19.4. The van der Waals surface area contributed by atoms with E-state index in [4.69, 9.17) is 4.74 Å². The molecule has 5 aromatic rings. The van der Waals surface area contributed by atoms with Crippen molar-refractivity contribution in [3.05, 3.63) is 106 Å². The zero-order chi connectivity index (χ0) is 23.7. The Labute approximate surface area is 200 Å². The van der Waals surface area contributed by atoms with E-state index >= 15 is 0 Å². The van der Waals surface area contributed by atoms with Gasteiger partial charge in [-0.2, -0.15) is 0 Å². The topological polar surface area (TPSA) is 73.2 Å². The number of rotatable bonds is 5. The fourth-order valence-corrected chi connectivity index (χ4v) is 4.51. The SMILES string of the molecule is COc1ccc2ccn(-c3cc(NC(=O)c4ccnc(-c5cccs5)c4)ccc3C)c(=O)c2c1. The third kappa shape index (κ3) is 4.09. The van der Waals surface area contributed by atoms with E-state index in [1.54, 1.807) is 53.6 Å². The van der Waals surface area contributed by atoms with Crippen LogP contribution >= 0.6 is 11.3 Å². The smallest absolute Gasteiger partial charge is 0.263 e. The Hall–Kier alpha value is -4.23. The van der Waals surface area contributed by atoms with Crippen molar-refractivity contribution >= 4 is 33.7 Å². The highest BCUT2D eigenvalue weighted by Gasteiger charge is 2.12. The number of hydrogen-bond donors (Lipinski definition) is 1. The summed E-state index contributed by atoms with van der Waals surface area (Å²) in [4.78, 5) is 31.6. The molecular formula is C27H21N3O3S. The van der Waals surface area contributed by atoms with Gasteiger partial charge in [0.1, 0.15) is 5.75 Å². The van der Waals surface area contributed by atoms with Gasteiger partial charge in [0, 0.05) is 23.6 Å². The van der Waals surface area contributed by atoms with Gasteiger partial charge < -0.3 is 10.1 Å². The van der Waals surface area contributed by atoms with Gasteiger partial charge in [0.2, 0.25) is 0 Å². The summed E-state index contributed by atoms with van der Waals surface area (Å²) in [6, 6.07) is 20.2. The van der Waals surface area contributed by atoms with Crippen molar-refractivity contribution in [3.63, 3.8) is 0 Å². The number of carbonyl (C=O) groups is 1. The molecule has 0 radical (unpaired) electrons. The third-order valence-electron chi connectivity index (χ3n) is 5.64. The van der Waals surface area contributed by atoms with E-state index in [1.807, 2.05) is 60.8 Å². The summed E-state index contributed by atoms with van der Waals surface area (Å²) in [7, 11) is 1.57. The summed E-state index contributed by atoms with van der Waals surface area (Å²) >= 11 is 1.57. The monoisotopic (exact) mass is 467 g/mol. The van der Waals surface area contributed by atoms with Crippen LogP contribution < -0.4 is 15.6 Å². The summed E-state index contributed by atoms with van der Waals surface area (Å²) in [6.07, 6.45) is 3.38. The van der Waals surface area contributed by atoms with E-state index in [-0.39, 0.29) is 11.5 Å². The van der Waals surface area contributed by atoms with Crippen LogP contribution in [0.5, 0.6) is 5.75 Å². The second-order valence-corrected chi connectivity index (χ2v) is 8.75. The lowest BCUT2D eigenvalue weighted by Crippen LogP contribution is -2.19. The van der Waals surface area contributed by atoms with Crippen LogP contribution in [0.4, 0.5) is 5.69 Å². The number of fused-ring (bicyclic) bond motifs is 1. The lowest BCUT2D eigenvalue weighted by atomic mass is 10.1. The van der Waals surface area contributed by atoms with Crippen molar-refractivity contribution in [3.8, 4) is 22.0 Å². The Morgan fingerprint density at radius 1 is 1.06 bits per heavy atom. The highest BCUT2D eigenvalue weighted by Crippen LogP contribution is 2.25. The molecule has 0 aliphatic carbocycles. The molecule has 0 spiro atoms. The van der Waals surface area contributed by atoms with Gasteiger partial charge in [0.25, 0.3) is 11.5 Å². The van der Waals surface area contributed by atoms with E-state index in [1.165, 1.54) is 0 Å². The summed E-state index contributed by atoms with van der Waals surface area (Å²) in [5.41, 5.74) is 3.31. The molecule has 0 aliphatic rings. The first kappa shape index (κ1) is 21.6. The third-order valence-corrected chi connectivity index (χ3v) is 6.53. The number of anilines is 1. The quantitative estimate of drug-likeness (QED) is 0.361. The van der Waals surface area contributed by atoms with Crippen LogP contribution in [0.15, 0.2) is 89.3 Å². The number of methoxy groups -OCH3 is 1. The number of ether oxygens (including phenoxy) is 1. The molecule has 1 N–H and O–H groups in total. The maximum Gasteiger partial charge on any atom is 0.263 e. The zero-order valence-electron chi connectivity index (χ0n) is 18.6. The predicted molar refractivity (Wildman–Crippen MR) is 136 cm³/mol. The van der Waals surface area contributed by atoms with Crippen molar-refractivity contribution in [2.75, 3.05) is 12.4 Å². The van der Waals surface area contributed by atoms with E-state index in [2.05, 4.69) is 10.3 Å². The lowest BCUT2D eigenvalue weighted by molar-refractivity contribution is 0.102. The standard InChI is InChI=1S/C27H21N3O3S/c1-17-5-7-20(29-26(31)19-9-11-28-23(14-19)25-4-3-13-34-25)15-24(17)30-12-10-18-6-8-21(33-2)16-22(18)27(30)32/h3-16H,1-2H3,(H,29,31). The molecule has 3 aromatic heterocycles. The molecule has 0 fully saturated rings. The molecule has 168 valence electrons. The van der Waals surface area contributed by atoms with Gasteiger partial charge in [-0.05, 0) is 71.8 Å². The van der Waals surface area contributed by atoms with Crippen molar-refractivity contribution in [1.82, 2.24) is 9.55 Å². The summed E-state index contributed by atoms with van der Waals surface area (Å²) in [6.45, 7) is 1.93. The first-order valence-corrected chi connectivity index (χ1v) is 11.5. The molecule has 0 bridgehead atoms. The largest absolute Gasteiger partial charge is 0.497 e. The average Bonchev–Trinajstić information content (AvgIpc) is 3.41. The number of pyridine rings is 2. The molecule has 1 amide bonds. The number of nitrogens with zero attached hydrogens (tertiary/aromatic N) is 2. The van der Waals surface area contributed by atoms with Gasteiger partial charge in [0.05, 0.1) is 28.8 Å². The van der Waals surface area contributed by atoms with Crippen molar-refractivity contribution < 1.29 is 9.53 Å². The Balaban J connectivity index is 1.48. The summed E-state index contributed by atoms with van der Waals surface area (Å²) < 4.78 is 6.88. The minimum Gasteiger partial charge on any atom is -0.497 e. The number of nitrogens with one attached hydrogen (secondary N) is 1. The molecule has 0 unspecified atom stereocenters. The van der Waals surface area contributed by atoms with E-state index < -0.39 is 0 Å². The van der Waals surface area contributed by atoms with E-state index in [9.17, 15) is 9.59 Å². The van der Waals surface area contributed by atoms with Gasteiger partial charge in [-0.3, -0.25) is 19.1 Å². The molecule has 0 aliphatic heterocycles. The number of aromatic nitrogens is 2. The normalized spacial score (nSPS) is 10.9. The Bertz CT molecular complexity index is 1570. The van der Waals surface area contributed by atoms with E-state index in [0.717, 1.165) is 21.5 Å². The fourth-order valence-electron chi connectivity index (χ4n) is 3.82. The first-order chi connectivity index (χ1) is 16.5. The predicted octanol–water partition coefficient (Wildman–Crippen LogP) is 5.68. The number of carbonyl (C=O) groups excluding carboxylic acids is 1. The number of aryl methyl sites for hydroxylation is 1. The van der Waals surface area contributed by atoms with Gasteiger partial charge in [-0.15, -0.1) is 11.3 Å². The van der Waals surface area contributed by atoms with Gasteiger partial charge in [0.15, 0.2) is 0 Å². The highest BCUT2D eigenvalue weighted by atomic mass is 32.1. The minimum atomic E-state index is -0.245. The molecule has 5 rings (SSSR count). The maximum atomic E-state index is 13.3. The molecule has 0 saturated heterocycles. The minimum absolute atomic E-state index is 0.155. The highest BCUT2D eigenvalue weighted by molar-refractivity contribution is 7.13. The summed E-state index contributed by atoms with van der Waals surface area (Å²) in [5, 5.41) is 6.32. The van der Waals surface area contributed by atoms with Crippen LogP contribution in [0, 0.1) is 6.92 Å². The van der Waals surface area contributed by atoms with Crippen molar-refractivity contribution in [1.29, 1.82) is 0 Å². The van der Waals surface area contributed by atoms with Gasteiger partial charge in [-0.25, -0.2) is 0 Å². The van der Waals surface area contributed by atoms with Gasteiger partial charge >= 0.3 is 0 Å². The summed E-state index contributed by atoms with van der Waals surface area (Å²) in [5.74, 6) is 0.380. The Kier molecular flexibility index (Phi) is 5.69. The Morgan fingerprint density at radius 3 is 2.74 bits per heavy atom. The molecule has 6 nitrogen and oxygen atoms in total. The van der Waals surface area contributed by atoms with E-state index in [0.29, 0.717) is 28.1 Å². The number of thiophene rings is 1. The maximum absolute atomic E-state index is 13.3. The second-order valence-electron chi connectivity index (χ2n) is 7.81. The van der Waals surface area contributed by atoms with Crippen LogP contribution in [-0.4, -0.2) is 22.6 Å². The molecule has 3 heterocycles. The van der Waals surface area contributed by atoms with Crippen LogP contribution in [-0.2, 0) is 0 Å². The fraction of sp³-hybridized carbons (Fsp3) is 0.0741. The van der Waals surface area contributed by atoms with Gasteiger partial charge in [-0.1, -0.05) is 18.2 Å². The van der Waals surface area contributed by atoms with Crippen LogP contribution in [0.3, 0.4) is 0 Å². The number of hydrogen-bond acceptors (Lipinski definition) is 5.